The maximum Gasteiger partial charge on any atom is 0.137 e. The van der Waals surface area contributed by atoms with Gasteiger partial charge in [0.25, 0.3) is 0 Å². The second-order valence-corrected chi connectivity index (χ2v) is 7.48. The summed E-state index contributed by atoms with van der Waals surface area (Å²) in [4.78, 5) is 4.88. The molecule has 4 rings (SSSR count). The van der Waals surface area contributed by atoms with Crippen molar-refractivity contribution in [3.05, 3.63) is 93.1 Å². The lowest BCUT2D eigenvalue weighted by Gasteiger charge is -2.06. The fourth-order valence-corrected chi connectivity index (χ4v) is 3.47. The summed E-state index contributed by atoms with van der Waals surface area (Å²) in [6.07, 6.45) is 2.92. The summed E-state index contributed by atoms with van der Waals surface area (Å²) in [5, 5.41) is 0. The molecule has 0 N–H and O–H groups in total. The molecule has 0 aliphatic carbocycles. The molecule has 2 heterocycles. The van der Waals surface area contributed by atoms with E-state index in [4.69, 9.17) is 4.98 Å². The van der Waals surface area contributed by atoms with Crippen molar-refractivity contribution in [3.8, 4) is 11.3 Å². The zero-order valence-electron chi connectivity index (χ0n) is 12.8. The summed E-state index contributed by atoms with van der Waals surface area (Å²) < 4.78 is 4.29. The van der Waals surface area contributed by atoms with Crippen molar-refractivity contribution in [2.24, 2.45) is 0 Å². The van der Waals surface area contributed by atoms with Crippen molar-refractivity contribution in [2.75, 3.05) is 0 Å². The van der Waals surface area contributed by atoms with Gasteiger partial charge in [-0.15, -0.1) is 0 Å². The zero-order chi connectivity index (χ0) is 16.5. The molecule has 4 heteroatoms. The fourth-order valence-electron chi connectivity index (χ4n) is 2.86. The van der Waals surface area contributed by atoms with E-state index in [-0.39, 0.29) is 0 Å². The number of fused-ring (bicyclic) bond motifs is 1. The van der Waals surface area contributed by atoms with E-state index >= 15 is 0 Å². The molecule has 0 unspecified atom stereocenters. The SMILES string of the molecule is Brc1ccc(-c2nc3ccc(Br)cn3c2Cc2ccccc2)cc1. The van der Waals surface area contributed by atoms with Gasteiger partial charge in [-0.05, 0) is 45.8 Å². The van der Waals surface area contributed by atoms with Crippen LogP contribution >= 0.6 is 31.9 Å². The van der Waals surface area contributed by atoms with E-state index in [1.165, 1.54) is 11.3 Å². The van der Waals surface area contributed by atoms with Gasteiger partial charge < -0.3 is 4.40 Å². The Labute approximate surface area is 157 Å². The minimum absolute atomic E-state index is 0.837. The van der Waals surface area contributed by atoms with Crippen LogP contribution in [0.4, 0.5) is 0 Å². The van der Waals surface area contributed by atoms with Gasteiger partial charge in [0.2, 0.25) is 0 Å². The molecular formula is C20H14Br2N2. The van der Waals surface area contributed by atoms with Crippen LogP contribution in [0.5, 0.6) is 0 Å². The quantitative estimate of drug-likeness (QED) is 0.374. The first kappa shape index (κ1) is 15.6. The molecule has 0 radical (unpaired) electrons. The molecule has 4 aromatic rings. The standard InChI is InChI=1S/C20H14Br2N2/c21-16-8-6-15(7-9-16)20-18(12-14-4-2-1-3-5-14)24-13-17(22)10-11-19(24)23-20/h1-11,13H,12H2. The molecule has 24 heavy (non-hydrogen) atoms. The highest BCUT2D eigenvalue weighted by atomic mass is 79.9. The lowest BCUT2D eigenvalue weighted by Crippen LogP contribution is -1.96. The van der Waals surface area contributed by atoms with Crippen LogP contribution in [0.2, 0.25) is 0 Å². The third-order valence-corrected chi connectivity index (χ3v) is 5.01. The van der Waals surface area contributed by atoms with Crippen LogP contribution in [0.1, 0.15) is 11.3 Å². The monoisotopic (exact) mass is 440 g/mol. The van der Waals surface area contributed by atoms with Crippen LogP contribution in [0.25, 0.3) is 16.9 Å². The van der Waals surface area contributed by atoms with E-state index in [0.29, 0.717) is 0 Å². The molecule has 2 aromatic carbocycles. The van der Waals surface area contributed by atoms with Crippen LogP contribution in [0.15, 0.2) is 81.9 Å². The molecule has 0 amide bonds. The van der Waals surface area contributed by atoms with Gasteiger partial charge in [0.05, 0.1) is 11.4 Å². The van der Waals surface area contributed by atoms with Gasteiger partial charge in [-0.1, -0.05) is 58.4 Å². The van der Waals surface area contributed by atoms with Gasteiger partial charge in [0, 0.05) is 27.1 Å². The average Bonchev–Trinajstić information content (AvgIpc) is 2.94. The highest BCUT2D eigenvalue weighted by Crippen LogP contribution is 2.28. The first-order valence-electron chi connectivity index (χ1n) is 7.67. The van der Waals surface area contributed by atoms with Crippen LogP contribution < -0.4 is 0 Å². The number of hydrogen-bond acceptors (Lipinski definition) is 1. The van der Waals surface area contributed by atoms with E-state index in [0.717, 1.165) is 32.3 Å². The summed E-state index contributed by atoms with van der Waals surface area (Å²) in [5.41, 5.74) is 5.59. The zero-order valence-corrected chi connectivity index (χ0v) is 16.0. The number of pyridine rings is 1. The summed E-state index contributed by atoms with van der Waals surface area (Å²) in [6, 6.07) is 22.9. The third kappa shape index (κ3) is 3.04. The fraction of sp³-hybridized carbons (Fsp3) is 0.0500. The van der Waals surface area contributed by atoms with Gasteiger partial charge in [0.15, 0.2) is 0 Å². The molecule has 0 atom stereocenters. The largest absolute Gasteiger partial charge is 0.302 e. The van der Waals surface area contributed by atoms with Gasteiger partial charge >= 0.3 is 0 Å². The Hall–Kier alpha value is -1.91. The molecule has 2 aromatic heterocycles. The van der Waals surface area contributed by atoms with Crippen molar-refractivity contribution < 1.29 is 0 Å². The van der Waals surface area contributed by atoms with E-state index in [2.05, 4.69) is 91.0 Å². The number of nitrogens with zero attached hydrogens (tertiary/aromatic N) is 2. The van der Waals surface area contributed by atoms with Crippen molar-refractivity contribution in [3.63, 3.8) is 0 Å². The summed E-state index contributed by atoms with van der Waals surface area (Å²) in [6.45, 7) is 0. The number of halogens is 2. The maximum atomic E-state index is 4.88. The van der Waals surface area contributed by atoms with E-state index in [1.54, 1.807) is 0 Å². The molecule has 0 aliphatic heterocycles. The molecule has 0 saturated carbocycles. The highest BCUT2D eigenvalue weighted by Gasteiger charge is 2.14. The van der Waals surface area contributed by atoms with Crippen molar-refractivity contribution >= 4 is 37.5 Å². The van der Waals surface area contributed by atoms with Crippen molar-refractivity contribution in [1.82, 2.24) is 9.38 Å². The Kier molecular flexibility index (Phi) is 4.25. The normalized spacial score (nSPS) is 11.1. The predicted octanol–water partition coefficient (Wildman–Crippen LogP) is 6.12. The van der Waals surface area contributed by atoms with Crippen molar-refractivity contribution in [1.29, 1.82) is 0 Å². The lowest BCUT2D eigenvalue weighted by molar-refractivity contribution is 1.02. The third-order valence-electron chi connectivity index (χ3n) is 4.01. The van der Waals surface area contributed by atoms with Crippen LogP contribution in [-0.2, 0) is 6.42 Å². The van der Waals surface area contributed by atoms with E-state index in [1.807, 2.05) is 18.2 Å². The number of benzene rings is 2. The Balaban J connectivity index is 1.91. The molecule has 0 fully saturated rings. The second kappa shape index (κ2) is 6.54. The highest BCUT2D eigenvalue weighted by molar-refractivity contribution is 9.10. The van der Waals surface area contributed by atoms with E-state index < -0.39 is 0 Å². The Bertz CT molecular complexity index is 990. The second-order valence-electron chi connectivity index (χ2n) is 5.65. The van der Waals surface area contributed by atoms with Gasteiger partial charge in [-0.3, -0.25) is 0 Å². The van der Waals surface area contributed by atoms with Crippen LogP contribution in [0.3, 0.4) is 0 Å². The summed E-state index contributed by atoms with van der Waals surface area (Å²) in [7, 11) is 0. The first-order valence-corrected chi connectivity index (χ1v) is 9.26. The smallest absolute Gasteiger partial charge is 0.137 e. The summed E-state index contributed by atoms with van der Waals surface area (Å²) in [5.74, 6) is 0. The average molecular weight is 442 g/mol. The molecule has 0 bridgehead atoms. The van der Waals surface area contributed by atoms with Gasteiger partial charge in [-0.2, -0.15) is 0 Å². The molecular weight excluding hydrogens is 428 g/mol. The van der Waals surface area contributed by atoms with Crippen molar-refractivity contribution in [2.45, 2.75) is 6.42 Å². The molecule has 2 nitrogen and oxygen atoms in total. The van der Waals surface area contributed by atoms with Crippen LogP contribution in [0, 0.1) is 0 Å². The number of rotatable bonds is 3. The Morgan fingerprint density at radius 2 is 1.50 bits per heavy atom. The van der Waals surface area contributed by atoms with Gasteiger partial charge in [-0.25, -0.2) is 4.98 Å². The predicted molar refractivity (Wildman–Crippen MR) is 105 cm³/mol. The molecule has 0 saturated heterocycles. The Morgan fingerprint density at radius 1 is 0.792 bits per heavy atom. The number of hydrogen-bond donors (Lipinski definition) is 0. The number of imidazole rings is 1. The van der Waals surface area contributed by atoms with E-state index in [9.17, 15) is 0 Å². The minimum Gasteiger partial charge on any atom is -0.302 e. The summed E-state index contributed by atoms with van der Waals surface area (Å²) >= 11 is 7.07. The topological polar surface area (TPSA) is 17.3 Å². The maximum absolute atomic E-state index is 4.88. The lowest BCUT2D eigenvalue weighted by atomic mass is 10.0. The molecule has 118 valence electrons. The molecule has 0 spiro atoms. The Morgan fingerprint density at radius 3 is 2.25 bits per heavy atom. The molecule has 0 aliphatic rings. The van der Waals surface area contributed by atoms with Crippen LogP contribution in [-0.4, -0.2) is 9.38 Å². The first-order chi connectivity index (χ1) is 11.7. The van der Waals surface area contributed by atoms with Gasteiger partial charge in [0.1, 0.15) is 5.65 Å². The number of aromatic nitrogens is 2. The minimum atomic E-state index is 0.837.